The molecule has 4 nitrogen and oxygen atoms in total. The van der Waals surface area contributed by atoms with Crippen molar-refractivity contribution in [1.29, 1.82) is 0 Å². The number of fused-ring (bicyclic) bond motifs is 1. The van der Waals surface area contributed by atoms with Crippen LogP contribution in [-0.2, 0) is 9.53 Å². The highest BCUT2D eigenvalue weighted by Crippen LogP contribution is 2.35. The number of hydrogen-bond acceptors (Lipinski definition) is 3. The Balaban J connectivity index is 1.38. The highest BCUT2D eigenvalue weighted by Gasteiger charge is 2.39. The number of hydrogen-bond donors (Lipinski definition) is 0. The van der Waals surface area contributed by atoms with E-state index >= 15 is 0 Å². The Morgan fingerprint density at radius 1 is 0.870 bits per heavy atom. The highest BCUT2D eigenvalue weighted by molar-refractivity contribution is 5.79. The summed E-state index contributed by atoms with van der Waals surface area (Å²) in [5.41, 5.74) is 0. The number of nitrogens with zero attached hydrogens (tertiary/aromatic N) is 2. The van der Waals surface area contributed by atoms with Crippen molar-refractivity contribution in [2.24, 2.45) is 5.92 Å². The van der Waals surface area contributed by atoms with Gasteiger partial charge in [0.15, 0.2) is 0 Å². The minimum atomic E-state index is 0.311. The maximum absolute atomic E-state index is 13.0. The smallest absolute Gasteiger partial charge is 0.237 e. The summed E-state index contributed by atoms with van der Waals surface area (Å²) in [6.07, 6.45) is 13.3. The van der Waals surface area contributed by atoms with E-state index in [1.807, 2.05) is 0 Å². The molecule has 4 fully saturated rings. The Morgan fingerprint density at radius 2 is 1.61 bits per heavy atom. The molecule has 23 heavy (non-hydrogen) atoms. The molecule has 0 aromatic carbocycles. The number of carbonyl (C=O) groups is 1. The van der Waals surface area contributed by atoms with Crippen LogP contribution in [0.1, 0.15) is 64.2 Å². The molecule has 0 bridgehead atoms. The molecular weight excluding hydrogens is 288 g/mol. The Morgan fingerprint density at radius 3 is 2.48 bits per heavy atom. The maximum Gasteiger partial charge on any atom is 0.237 e. The zero-order valence-corrected chi connectivity index (χ0v) is 14.4. The van der Waals surface area contributed by atoms with Gasteiger partial charge in [-0.3, -0.25) is 9.69 Å². The Hall–Kier alpha value is -0.610. The summed E-state index contributed by atoms with van der Waals surface area (Å²) in [6.45, 7) is 3.33. The Labute approximate surface area is 140 Å². The zero-order chi connectivity index (χ0) is 15.6. The van der Waals surface area contributed by atoms with Gasteiger partial charge in [-0.2, -0.15) is 0 Å². The van der Waals surface area contributed by atoms with Gasteiger partial charge in [0.2, 0.25) is 5.91 Å². The number of ether oxygens (including phenoxy) is 1. The van der Waals surface area contributed by atoms with Crippen LogP contribution >= 0.6 is 0 Å². The fourth-order valence-corrected chi connectivity index (χ4v) is 5.59. The van der Waals surface area contributed by atoms with Crippen molar-refractivity contribution in [2.45, 2.75) is 82.4 Å². The van der Waals surface area contributed by atoms with E-state index in [-0.39, 0.29) is 0 Å². The van der Waals surface area contributed by atoms with Crippen LogP contribution in [-0.4, -0.2) is 60.1 Å². The van der Waals surface area contributed by atoms with Crippen molar-refractivity contribution in [3.63, 3.8) is 0 Å². The summed E-state index contributed by atoms with van der Waals surface area (Å²) in [5, 5.41) is 0. The number of rotatable bonds is 3. The van der Waals surface area contributed by atoms with E-state index in [1.165, 1.54) is 51.4 Å². The second kappa shape index (κ2) is 7.10. The molecule has 2 aliphatic heterocycles. The average molecular weight is 320 g/mol. The van der Waals surface area contributed by atoms with Gasteiger partial charge in [-0.1, -0.05) is 25.7 Å². The standard InChI is InChI=1S/C19H32N2O2/c22-19(21-12-13-23-18-10-4-3-8-17(18)21)14-20-11-5-9-16(20)15-6-1-2-7-15/h15-18H,1-14H2/t16-,17+,18+/m1/s1. The summed E-state index contributed by atoms with van der Waals surface area (Å²) in [6, 6.07) is 1.04. The van der Waals surface area contributed by atoms with Crippen LogP contribution in [0.5, 0.6) is 0 Å². The van der Waals surface area contributed by atoms with E-state index in [1.54, 1.807) is 0 Å². The molecule has 1 amide bonds. The first-order chi connectivity index (χ1) is 11.3. The van der Waals surface area contributed by atoms with Crippen molar-refractivity contribution < 1.29 is 9.53 Å². The molecule has 0 spiro atoms. The summed E-state index contributed by atoms with van der Waals surface area (Å²) >= 11 is 0. The molecule has 0 radical (unpaired) electrons. The molecular formula is C19H32N2O2. The number of morpholine rings is 1. The fourth-order valence-electron chi connectivity index (χ4n) is 5.59. The third-order valence-corrected chi connectivity index (χ3v) is 6.75. The van der Waals surface area contributed by atoms with Gasteiger partial charge < -0.3 is 9.64 Å². The van der Waals surface area contributed by atoms with E-state index in [4.69, 9.17) is 4.74 Å². The average Bonchev–Trinajstić information content (AvgIpc) is 3.25. The number of carbonyl (C=O) groups excluding carboxylic acids is 1. The molecule has 4 rings (SSSR count). The van der Waals surface area contributed by atoms with Gasteiger partial charge in [0.25, 0.3) is 0 Å². The van der Waals surface area contributed by atoms with E-state index in [0.29, 0.717) is 30.6 Å². The van der Waals surface area contributed by atoms with Crippen molar-refractivity contribution in [1.82, 2.24) is 9.80 Å². The van der Waals surface area contributed by atoms with Gasteiger partial charge in [0, 0.05) is 12.6 Å². The number of amides is 1. The molecule has 0 aromatic rings. The highest BCUT2D eigenvalue weighted by atomic mass is 16.5. The van der Waals surface area contributed by atoms with Crippen LogP contribution in [0.15, 0.2) is 0 Å². The third-order valence-electron chi connectivity index (χ3n) is 6.75. The summed E-state index contributed by atoms with van der Waals surface area (Å²) in [7, 11) is 0. The molecule has 130 valence electrons. The van der Waals surface area contributed by atoms with E-state index in [9.17, 15) is 4.79 Å². The molecule has 2 heterocycles. The van der Waals surface area contributed by atoms with Gasteiger partial charge in [-0.15, -0.1) is 0 Å². The van der Waals surface area contributed by atoms with Gasteiger partial charge in [0.05, 0.1) is 25.3 Å². The van der Waals surface area contributed by atoms with Crippen LogP contribution in [0.4, 0.5) is 0 Å². The third kappa shape index (κ3) is 3.30. The molecule has 0 N–H and O–H groups in total. The molecule has 4 heteroatoms. The summed E-state index contributed by atoms with van der Waals surface area (Å²) in [4.78, 5) is 17.7. The van der Waals surface area contributed by atoms with Crippen LogP contribution < -0.4 is 0 Å². The molecule has 2 aliphatic carbocycles. The van der Waals surface area contributed by atoms with Crippen LogP contribution in [0.3, 0.4) is 0 Å². The van der Waals surface area contributed by atoms with Gasteiger partial charge >= 0.3 is 0 Å². The van der Waals surface area contributed by atoms with Crippen LogP contribution in [0.2, 0.25) is 0 Å². The molecule has 0 unspecified atom stereocenters. The zero-order valence-electron chi connectivity index (χ0n) is 14.4. The summed E-state index contributed by atoms with van der Waals surface area (Å²) < 4.78 is 5.93. The first-order valence-corrected chi connectivity index (χ1v) is 9.98. The van der Waals surface area contributed by atoms with Crippen LogP contribution in [0, 0.1) is 5.92 Å². The minimum Gasteiger partial charge on any atom is -0.374 e. The van der Waals surface area contributed by atoms with Crippen molar-refractivity contribution >= 4 is 5.91 Å². The minimum absolute atomic E-state index is 0.311. The van der Waals surface area contributed by atoms with Gasteiger partial charge in [0.1, 0.15) is 0 Å². The fraction of sp³-hybridized carbons (Fsp3) is 0.947. The lowest BCUT2D eigenvalue weighted by atomic mass is 9.90. The predicted molar refractivity (Wildman–Crippen MR) is 90.3 cm³/mol. The molecule has 2 saturated carbocycles. The van der Waals surface area contributed by atoms with E-state index in [0.717, 1.165) is 38.5 Å². The molecule has 0 aromatic heterocycles. The topological polar surface area (TPSA) is 32.8 Å². The van der Waals surface area contributed by atoms with Crippen molar-refractivity contribution in [2.75, 3.05) is 26.2 Å². The monoisotopic (exact) mass is 320 g/mol. The van der Waals surface area contributed by atoms with E-state index in [2.05, 4.69) is 9.80 Å². The molecule has 4 aliphatic rings. The molecule has 2 saturated heterocycles. The second-order valence-electron chi connectivity index (χ2n) is 8.07. The van der Waals surface area contributed by atoms with Crippen molar-refractivity contribution in [3.05, 3.63) is 0 Å². The predicted octanol–water partition coefficient (Wildman–Crippen LogP) is 2.81. The van der Waals surface area contributed by atoms with Crippen LogP contribution in [0.25, 0.3) is 0 Å². The summed E-state index contributed by atoms with van der Waals surface area (Å²) in [5.74, 6) is 1.23. The van der Waals surface area contributed by atoms with E-state index < -0.39 is 0 Å². The van der Waals surface area contributed by atoms with Crippen molar-refractivity contribution in [3.8, 4) is 0 Å². The first-order valence-electron chi connectivity index (χ1n) is 9.98. The SMILES string of the molecule is O=C(CN1CCC[C@@H]1C1CCCC1)N1CCO[C@H]2CCCC[C@@H]21. The maximum atomic E-state index is 13.0. The lowest BCUT2D eigenvalue weighted by molar-refractivity contribution is -0.151. The largest absolute Gasteiger partial charge is 0.374 e. The Bertz CT molecular complexity index is 420. The Kier molecular flexibility index (Phi) is 4.91. The molecule has 3 atom stereocenters. The lowest BCUT2D eigenvalue weighted by Gasteiger charge is -2.44. The second-order valence-corrected chi connectivity index (χ2v) is 8.07. The van der Waals surface area contributed by atoms with Gasteiger partial charge in [-0.25, -0.2) is 0 Å². The van der Waals surface area contributed by atoms with Gasteiger partial charge in [-0.05, 0) is 51.0 Å². The first kappa shape index (κ1) is 15.9. The quantitative estimate of drug-likeness (QED) is 0.801. The number of likely N-dealkylation sites (tertiary alicyclic amines) is 1. The lowest BCUT2D eigenvalue weighted by Crippen LogP contribution is -2.57. The normalized spacial score (nSPS) is 36.3.